The minimum atomic E-state index is -1.02. The monoisotopic (exact) mass is 200 g/mol. The van der Waals surface area contributed by atoms with E-state index in [1.165, 1.54) is 0 Å². The van der Waals surface area contributed by atoms with Crippen molar-refractivity contribution < 1.29 is 14.7 Å². The molecule has 0 rings (SSSR count). The maximum Gasteiger partial charge on any atom is 0.332 e. The van der Waals surface area contributed by atoms with Gasteiger partial charge in [0.05, 0.1) is 0 Å². The Bertz CT molecular complexity index is 226. The van der Waals surface area contributed by atoms with E-state index >= 15 is 0 Å². The molecule has 0 heterocycles. The first-order valence-electron chi connectivity index (χ1n) is 4.46. The molecule has 0 aromatic heterocycles. The number of rotatable bonds is 7. The molecule has 0 atom stereocenters. The van der Waals surface area contributed by atoms with Crippen LogP contribution in [0.4, 0.5) is 0 Å². The summed E-state index contributed by atoms with van der Waals surface area (Å²) < 4.78 is 0. The van der Waals surface area contributed by atoms with Crippen molar-refractivity contribution in [3.63, 3.8) is 0 Å². The predicted molar refractivity (Wildman–Crippen MR) is 52.9 cm³/mol. The van der Waals surface area contributed by atoms with Crippen LogP contribution in [-0.2, 0) is 9.59 Å². The molecule has 0 aromatic rings. The van der Waals surface area contributed by atoms with Crippen LogP contribution in [0.2, 0.25) is 0 Å². The van der Waals surface area contributed by atoms with E-state index in [1.807, 2.05) is 6.92 Å². The van der Waals surface area contributed by atoms with Crippen molar-refractivity contribution in [3.8, 4) is 0 Å². The lowest BCUT2D eigenvalue weighted by atomic mass is 10.3. The topological polar surface area (TPSA) is 78.4 Å². The molecule has 0 radical (unpaired) electrons. The van der Waals surface area contributed by atoms with Crippen LogP contribution in [0.3, 0.4) is 0 Å². The summed E-state index contributed by atoms with van der Waals surface area (Å²) >= 11 is 0. The fourth-order valence-electron chi connectivity index (χ4n) is 0.802. The smallest absolute Gasteiger partial charge is 0.332 e. The second-order valence-corrected chi connectivity index (χ2v) is 2.79. The zero-order valence-corrected chi connectivity index (χ0v) is 8.30. The van der Waals surface area contributed by atoms with Gasteiger partial charge in [0.1, 0.15) is 0 Å². The number of hydrogen-bond acceptors (Lipinski definition) is 3. The third-order valence-corrected chi connectivity index (χ3v) is 1.54. The molecule has 0 aromatic carbocycles. The summed E-state index contributed by atoms with van der Waals surface area (Å²) in [4.78, 5) is 21.2. The number of carboxylic acid groups (broad SMARTS) is 1. The van der Waals surface area contributed by atoms with Gasteiger partial charge in [-0.15, -0.1) is 0 Å². The van der Waals surface area contributed by atoms with Crippen LogP contribution in [0.1, 0.15) is 13.3 Å². The molecule has 0 spiro atoms. The van der Waals surface area contributed by atoms with Gasteiger partial charge in [0, 0.05) is 31.6 Å². The Labute approximate surface area is 83.2 Å². The number of hydrogen-bond donors (Lipinski definition) is 3. The molecule has 1 amide bonds. The van der Waals surface area contributed by atoms with Crippen LogP contribution in [0.5, 0.6) is 0 Å². The van der Waals surface area contributed by atoms with E-state index in [0.717, 1.165) is 0 Å². The maximum atomic E-state index is 10.9. The SMILES string of the molecule is C=C(CNCCC(=O)NCC)C(=O)O. The Balaban J connectivity index is 3.42. The molecule has 0 unspecified atom stereocenters. The van der Waals surface area contributed by atoms with Crippen molar-refractivity contribution in [2.45, 2.75) is 13.3 Å². The average molecular weight is 200 g/mol. The average Bonchev–Trinajstić information content (AvgIpc) is 2.12. The highest BCUT2D eigenvalue weighted by molar-refractivity contribution is 5.86. The first kappa shape index (κ1) is 12.6. The van der Waals surface area contributed by atoms with Gasteiger partial charge in [-0.2, -0.15) is 0 Å². The Kier molecular flexibility index (Phi) is 6.39. The van der Waals surface area contributed by atoms with E-state index in [-0.39, 0.29) is 18.0 Å². The standard InChI is InChI=1S/C9H16N2O3/c1-3-11-8(12)4-5-10-6-7(2)9(13)14/h10H,2-6H2,1H3,(H,11,12)(H,13,14). The van der Waals surface area contributed by atoms with Crippen molar-refractivity contribution in [2.75, 3.05) is 19.6 Å². The fraction of sp³-hybridized carbons (Fsp3) is 0.556. The van der Waals surface area contributed by atoms with Crippen molar-refractivity contribution >= 4 is 11.9 Å². The van der Waals surface area contributed by atoms with Gasteiger partial charge in [0.2, 0.25) is 5.91 Å². The van der Waals surface area contributed by atoms with E-state index in [1.54, 1.807) is 0 Å². The molecule has 0 aliphatic rings. The third kappa shape index (κ3) is 6.19. The van der Waals surface area contributed by atoms with Crippen LogP contribution >= 0.6 is 0 Å². The Morgan fingerprint density at radius 1 is 1.43 bits per heavy atom. The lowest BCUT2D eigenvalue weighted by Gasteiger charge is -2.04. The quantitative estimate of drug-likeness (QED) is 0.391. The second kappa shape index (κ2) is 7.08. The number of carbonyl (C=O) groups is 2. The van der Waals surface area contributed by atoms with E-state index in [9.17, 15) is 9.59 Å². The minimum absolute atomic E-state index is 0.0408. The summed E-state index contributed by atoms with van der Waals surface area (Å²) in [7, 11) is 0. The van der Waals surface area contributed by atoms with Gasteiger partial charge in [-0.3, -0.25) is 4.79 Å². The highest BCUT2D eigenvalue weighted by Crippen LogP contribution is 1.86. The van der Waals surface area contributed by atoms with Gasteiger partial charge in [-0.1, -0.05) is 6.58 Å². The Morgan fingerprint density at radius 2 is 2.07 bits per heavy atom. The van der Waals surface area contributed by atoms with Crippen molar-refractivity contribution in [2.24, 2.45) is 0 Å². The Hall–Kier alpha value is -1.36. The van der Waals surface area contributed by atoms with Crippen LogP contribution in [0, 0.1) is 0 Å². The molecule has 3 N–H and O–H groups in total. The number of carboxylic acids is 1. The van der Waals surface area contributed by atoms with Crippen LogP contribution in [0.15, 0.2) is 12.2 Å². The maximum absolute atomic E-state index is 10.9. The normalized spacial score (nSPS) is 9.50. The molecule has 0 aliphatic heterocycles. The zero-order chi connectivity index (χ0) is 11.0. The molecule has 0 aliphatic carbocycles. The third-order valence-electron chi connectivity index (χ3n) is 1.54. The van der Waals surface area contributed by atoms with Gasteiger partial charge in [0.25, 0.3) is 0 Å². The summed E-state index contributed by atoms with van der Waals surface area (Å²) in [5.41, 5.74) is 0.0981. The van der Waals surface area contributed by atoms with Gasteiger partial charge in [-0.25, -0.2) is 4.79 Å². The van der Waals surface area contributed by atoms with Crippen molar-refractivity contribution in [3.05, 3.63) is 12.2 Å². The van der Waals surface area contributed by atoms with E-state index in [0.29, 0.717) is 19.5 Å². The van der Waals surface area contributed by atoms with Crippen LogP contribution in [0.25, 0.3) is 0 Å². The molecular formula is C9H16N2O3. The molecule has 14 heavy (non-hydrogen) atoms. The largest absolute Gasteiger partial charge is 0.478 e. The summed E-state index contributed by atoms with van der Waals surface area (Å²) in [5, 5.41) is 13.9. The van der Waals surface area contributed by atoms with Gasteiger partial charge >= 0.3 is 5.97 Å². The van der Waals surface area contributed by atoms with E-state index in [2.05, 4.69) is 17.2 Å². The molecule has 5 nitrogen and oxygen atoms in total. The second-order valence-electron chi connectivity index (χ2n) is 2.79. The molecule has 0 fully saturated rings. The lowest BCUT2D eigenvalue weighted by molar-refractivity contribution is -0.132. The highest BCUT2D eigenvalue weighted by Gasteiger charge is 2.03. The molecule has 0 saturated heterocycles. The number of aliphatic carboxylic acids is 1. The van der Waals surface area contributed by atoms with Crippen molar-refractivity contribution in [1.82, 2.24) is 10.6 Å². The molecule has 5 heteroatoms. The zero-order valence-electron chi connectivity index (χ0n) is 8.30. The minimum Gasteiger partial charge on any atom is -0.478 e. The summed E-state index contributed by atoms with van der Waals surface area (Å²) in [6.07, 6.45) is 0.348. The number of carbonyl (C=O) groups excluding carboxylic acids is 1. The first-order chi connectivity index (χ1) is 6.57. The van der Waals surface area contributed by atoms with Crippen LogP contribution < -0.4 is 10.6 Å². The summed E-state index contributed by atoms with van der Waals surface area (Å²) in [6.45, 7) is 6.46. The molecule has 0 saturated carbocycles. The fourth-order valence-corrected chi connectivity index (χ4v) is 0.802. The van der Waals surface area contributed by atoms with E-state index < -0.39 is 5.97 Å². The first-order valence-corrected chi connectivity index (χ1v) is 4.46. The van der Waals surface area contributed by atoms with Gasteiger partial charge < -0.3 is 15.7 Å². The molecule has 80 valence electrons. The molecule has 0 bridgehead atoms. The predicted octanol–water partition coefficient (Wildman–Crippen LogP) is -0.257. The van der Waals surface area contributed by atoms with Crippen LogP contribution in [-0.4, -0.2) is 36.6 Å². The summed E-state index contributed by atoms with van der Waals surface area (Å²) in [5.74, 6) is -1.06. The molecular weight excluding hydrogens is 184 g/mol. The Morgan fingerprint density at radius 3 is 2.57 bits per heavy atom. The van der Waals surface area contributed by atoms with Crippen molar-refractivity contribution in [1.29, 1.82) is 0 Å². The number of nitrogens with one attached hydrogen (secondary N) is 2. The lowest BCUT2D eigenvalue weighted by Crippen LogP contribution is -2.28. The van der Waals surface area contributed by atoms with Gasteiger partial charge in [0.15, 0.2) is 0 Å². The van der Waals surface area contributed by atoms with Gasteiger partial charge in [-0.05, 0) is 6.92 Å². The number of amides is 1. The summed E-state index contributed by atoms with van der Waals surface area (Å²) in [6, 6.07) is 0. The van der Waals surface area contributed by atoms with E-state index in [4.69, 9.17) is 5.11 Å². The highest BCUT2D eigenvalue weighted by atomic mass is 16.4.